The third-order valence-electron chi connectivity index (χ3n) is 2.24. The smallest absolute Gasteiger partial charge is 0.207 e. The van der Waals surface area contributed by atoms with Crippen LogP contribution in [0.15, 0.2) is 0 Å². The Balaban J connectivity index is 2.24. The van der Waals surface area contributed by atoms with Crippen molar-refractivity contribution in [3.8, 4) is 0 Å². The zero-order valence-corrected chi connectivity index (χ0v) is 6.47. The first-order valence-corrected chi connectivity index (χ1v) is 4.02. The number of carbonyl (C=O) groups excluding carboxylic acids is 1. The van der Waals surface area contributed by atoms with Crippen molar-refractivity contribution in [2.45, 2.75) is 38.6 Å². The van der Waals surface area contributed by atoms with Gasteiger partial charge in [-0.15, -0.1) is 0 Å². The van der Waals surface area contributed by atoms with Crippen molar-refractivity contribution in [3.05, 3.63) is 0 Å². The van der Waals surface area contributed by atoms with Gasteiger partial charge in [0.15, 0.2) is 0 Å². The van der Waals surface area contributed by atoms with Gasteiger partial charge in [-0.1, -0.05) is 19.8 Å². The summed E-state index contributed by atoms with van der Waals surface area (Å²) in [6.45, 7) is 2.25. The van der Waals surface area contributed by atoms with E-state index >= 15 is 0 Å². The molecule has 0 aliphatic heterocycles. The normalized spacial score (nSPS) is 33.3. The SMILES string of the molecule is C[C@@H]1CCC[C@H](NC=O)C1. The van der Waals surface area contributed by atoms with Gasteiger partial charge in [-0.25, -0.2) is 0 Å². The molecule has 0 aromatic heterocycles. The molecule has 0 bridgehead atoms. The maximum absolute atomic E-state index is 10.1. The van der Waals surface area contributed by atoms with Crippen molar-refractivity contribution in [1.29, 1.82) is 0 Å². The zero-order valence-electron chi connectivity index (χ0n) is 6.47. The van der Waals surface area contributed by atoms with Gasteiger partial charge in [0.1, 0.15) is 0 Å². The molecule has 1 saturated carbocycles. The van der Waals surface area contributed by atoms with Crippen LogP contribution in [0.3, 0.4) is 0 Å². The monoisotopic (exact) mass is 141 g/mol. The summed E-state index contributed by atoms with van der Waals surface area (Å²) >= 11 is 0. The summed E-state index contributed by atoms with van der Waals surface area (Å²) < 4.78 is 0. The highest BCUT2D eigenvalue weighted by Crippen LogP contribution is 2.22. The van der Waals surface area contributed by atoms with E-state index in [-0.39, 0.29) is 0 Å². The third kappa shape index (κ3) is 2.01. The van der Waals surface area contributed by atoms with Crippen LogP contribution in [-0.4, -0.2) is 12.5 Å². The van der Waals surface area contributed by atoms with Crippen LogP contribution in [-0.2, 0) is 4.79 Å². The van der Waals surface area contributed by atoms with E-state index in [0.717, 1.165) is 12.3 Å². The molecule has 1 amide bonds. The fourth-order valence-corrected chi connectivity index (χ4v) is 1.68. The molecule has 0 spiro atoms. The molecule has 0 aromatic carbocycles. The van der Waals surface area contributed by atoms with E-state index in [1.165, 1.54) is 25.7 Å². The van der Waals surface area contributed by atoms with Gasteiger partial charge in [0, 0.05) is 6.04 Å². The van der Waals surface area contributed by atoms with Crippen LogP contribution in [0.1, 0.15) is 32.6 Å². The molecule has 1 aliphatic carbocycles. The molecule has 0 aromatic rings. The highest BCUT2D eigenvalue weighted by atomic mass is 16.1. The summed E-state index contributed by atoms with van der Waals surface area (Å²) in [5.41, 5.74) is 0. The summed E-state index contributed by atoms with van der Waals surface area (Å²) in [4.78, 5) is 10.1. The Morgan fingerprint density at radius 1 is 1.50 bits per heavy atom. The summed E-state index contributed by atoms with van der Waals surface area (Å²) in [6.07, 6.45) is 5.76. The Kier molecular flexibility index (Phi) is 2.72. The Bertz CT molecular complexity index is 114. The van der Waals surface area contributed by atoms with Gasteiger partial charge < -0.3 is 5.32 Å². The maximum Gasteiger partial charge on any atom is 0.207 e. The fourth-order valence-electron chi connectivity index (χ4n) is 1.68. The van der Waals surface area contributed by atoms with E-state index in [4.69, 9.17) is 0 Å². The fraction of sp³-hybridized carbons (Fsp3) is 0.875. The summed E-state index contributed by atoms with van der Waals surface area (Å²) in [5, 5.41) is 2.83. The molecule has 0 heterocycles. The Labute approximate surface area is 62.0 Å². The second-order valence-electron chi connectivity index (χ2n) is 3.25. The van der Waals surface area contributed by atoms with Crippen LogP contribution in [0.4, 0.5) is 0 Å². The molecule has 58 valence electrons. The first-order chi connectivity index (χ1) is 4.83. The van der Waals surface area contributed by atoms with Crippen LogP contribution in [0.25, 0.3) is 0 Å². The molecule has 1 fully saturated rings. The van der Waals surface area contributed by atoms with E-state index in [0.29, 0.717) is 6.04 Å². The molecular weight excluding hydrogens is 126 g/mol. The van der Waals surface area contributed by atoms with Crippen molar-refractivity contribution in [2.24, 2.45) is 5.92 Å². The van der Waals surface area contributed by atoms with Crippen LogP contribution in [0.5, 0.6) is 0 Å². The molecule has 10 heavy (non-hydrogen) atoms. The van der Waals surface area contributed by atoms with E-state index in [1.54, 1.807) is 0 Å². The minimum atomic E-state index is 0.459. The van der Waals surface area contributed by atoms with Crippen LogP contribution in [0, 0.1) is 5.92 Å². The first kappa shape index (κ1) is 7.58. The lowest BCUT2D eigenvalue weighted by atomic mass is 9.87. The molecule has 0 saturated heterocycles. The summed E-state index contributed by atoms with van der Waals surface area (Å²) in [5.74, 6) is 0.797. The number of rotatable bonds is 2. The van der Waals surface area contributed by atoms with Gasteiger partial charge in [-0.3, -0.25) is 4.79 Å². The number of carbonyl (C=O) groups is 1. The number of hydrogen-bond acceptors (Lipinski definition) is 1. The zero-order chi connectivity index (χ0) is 7.40. The lowest BCUT2D eigenvalue weighted by Crippen LogP contribution is -2.32. The lowest BCUT2D eigenvalue weighted by molar-refractivity contribution is -0.110. The minimum Gasteiger partial charge on any atom is -0.356 e. The average molecular weight is 141 g/mol. The Morgan fingerprint density at radius 3 is 2.90 bits per heavy atom. The number of nitrogens with one attached hydrogen (secondary N) is 1. The molecule has 2 heteroatoms. The van der Waals surface area contributed by atoms with Crippen molar-refractivity contribution < 1.29 is 4.79 Å². The van der Waals surface area contributed by atoms with Gasteiger partial charge >= 0.3 is 0 Å². The largest absolute Gasteiger partial charge is 0.356 e. The van der Waals surface area contributed by atoms with E-state index in [2.05, 4.69) is 12.2 Å². The van der Waals surface area contributed by atoms with Gasteiger partial charge in [-0.2, -0.15) is 0 Å². The van der Waals surface area contributed by atoms with Crippen LogP contribution >= 0.6 is 0 Å². The molecule has 0 radical (unpaired) electrons. The van der Waals surface area contributed by atoms with Gasteiger partial charge in [0.2, 0.25) is 6.41 Å². The Morgan fingerprint density at radius 2 is 2.30 bits per heavy atom. The highest BCUT2D eigenvalue weighted by molar-refractivity contribution is 5.46. The molecule has 1 rings (SSSR count). The highest BCUT2D eigenvalue weighted by Gasteiger charge is 2.17. The van der Waals surface area contributed by atoms with Gasteiger partial charge in [0.05, 0.1) is 0 Å². The average Bonchev–Trinajstić information content (AvgIpc) is 1.88. The predicted octanol–water partition coefficient (Wildman–Crippen LogP) is 1.31. The molecule has 1 N–H and O–H groups in total. The summed E-state index contributed by atoms with van der Waals surface area (Å²) in [6, 6.07) is 0.459. The standard InChI is InChI=1S/C8H15NO/c1-7-3-2-4-8(5-7)9-6-10/h6-8H,2-5H2,1H3,(H,9,10)/t7-,8+/m1/s1. The predicted molar refractivity (Wildman–Crippen MR) is 40.6 cm³/mol. The molecule has 0 unspecified atom stereocenters. The van der Waals surface area contributed by atoms with Gasteiger partial charge in [-0.05, 0) is 18.8 Å². The van der Waals surface area contributed by atoms with Crippen molar-refractivity contribution in [1.82, 2.24) is 5.32 Å². The topological polar surface area (TPSA) is 29.1 Å². The van der Waals surface area contributed by atoms with Crippen molar-refractivity contribution in [3.63, 3.8) is 0 Å². The van der Waals surface area contributed by atoms with Crippen LogP contribution < -0.4 is 5.32 Å². The molecule has 2 atom stereocenters. The summed E-state index contributed by atoms with van der Waals surface area (Å²) in [7, 11) is 0. The van der Waals surface area contributed by atoms with Gasteiger partial charge in [0.25, 0.3) is 0 Å². The second-order valence-corrected chi connectivity index (χ2v) is 3.25. The van der Waals surface area contributed by atoms with Crippen LogP contribution in [0.2, 0.25) is 0 Å². The quantitative estimate of drug-likeness (QED) is 0.577. The van der Waals surface area contributed by atoms with Crippen molar-refractivity contribution in [2.75, 3.05) is 0 Å². The molecular formula is C8H15NO. The number of hydrogen-bond donors (Lipinski definition) is 1. The van der Waals surface area contributed by atoms with Crippen molar-refractivity contribution >= 4 is 6.41 Å². The minimum absolute atomic E-state index is 0.459. The Hall–Kier alpha value is -0.530. The third-order valence-corrected chi connectivity index (χ3v) is 2.24. The van der Waals surface area contributed by atoms with E-state index in [9.17, 15) is 4.79 Å². The molecule has 1 aliphatic rings. The maximum atomic E-state index is 10.1. The van der Waals surface area contributed by atoms with E-state index in [1.807, 2.05) is 0 Å². The lowest BCUT2D eigenvalue weighted by Gasteiger charge is -2.25. The molecule has 2 nitrogen and oxygen atoms in total. The number of amides is 1. The second kappa shape index (κ2) is 3.59. The van der Waals surface area contributed by atoms with E-state index < -0.39 is 0 Å². The first-order valence-electron chi connectivity index (χ1n) is 4.02.